The van der Waals surface area contributed by atoms with Crippen LogP contribution in [0.15, 0.2) is 48.9 Å². The van der Waals surface area contributed by atoms with Gasteiger partial charge in [-0.15, -0.1) is 0 Å². The molecule has 0 atom stereocenters. The van der Waals surface area contributed by atoms with Gasteiger partial charge in [0.1, 0.15) is 17.8 Å². The second-order valence-electron chi connectivity index (χ2n) is 7.86. The molecule has 2 aliphatic rings. The van der Waals surface area contributed by atoms with Crippen molar-refractivity contribution in [3.63, 3.8) is 0 Å². The molecule has 0 radical (unpaired) electrons. The number of rotatable bonds is 6. The molecular formula is C23H26N8O2. The molecule has 2 aromatic heterocycles. The van der Waals surface area contributed by atoms with Crippen LogP contribution in [0.1, 0.15) is 22.6 Å². The van der Waals surface area contributed by atoms with Crippen molar-refractivity contribution in [3.05, 3.63) is 60.3 Å². The molecule has 33 heavy (non-hydrogen) atoms. The molecule has 0 bridgehead atoms. The van der Waals surface area contributed by atoms with Crippen molar-refractivity contribution < 1.29 is 9.53 Å². The zero-order valence-corrected chi connectivity index (χ0v) is 18.2. The number of piperazine rings is 1. The maximum atomic E-state index is 12.9. The van der Waals surface area contributed by atoms with Crippen molar-refractivity contribution in [1.82, 2.24) is 25.5 Å². The number of aromatic amines is 1. The zero-order chi connectivity index (χ0) is 22.5. The van der Waals surface area contributed by atoms with Crippen LogP contribution in [-0.2, 0) is 4.74 Å². The van der Waals surface area contributed by atoms with Gasteiger partial charge in [-0.3, -0.25) is 9.89 Å². The van der Waals surface area contributed by atoms with Crippen LogP contribution in [0, 0.1) is 0 Å². The van der Waals surface area contributed by atoms with Gasteiger partial charge in [0, 0.05) is 43.6 Å². The SMILES string of the molecule is O=C(Nc1ccc(N2CCNCC2)cc1)c1[nH]ncc1Nc1cc(C2=CCOCC2)ncn1. The van der Waals surface area contributed by atoms with Crippen molar-refractivity contribution in [1.29, 1.82) is 0 Å². The average Bonchev–Trinajstić information content (AvgIpc) is 3.34. The van der Waals surface area contributed by atoms with Gasteiger partial charge in [0.25, 0.3) is 5.91 Å². The van der Waals surface area contributed by atoms with E-state index in [1.54, 1.807) is 6.20 Å². The Morgan fingerprint density at radius 1 is 1.12 bits per heavy atom. The minimum absolute atomic E-state index is 0.286. The minimum Gasteiger partial charge on any atom is -0.377 e. The van der Waals surface area contributed by atoms with E-state index in [1.807, 2.05) is 36.4 Å². The fourth-order valence-corrected chi connectivity index (χ4v) is 3.93. The Kier molecular flexibility index (Phi) is 6.27. The number of amides is 1. The third-order valence-corrected chi connectivity index (χ3v) is 5.70. The van der Waals surface area contributed by atoms with Gasteiger partial charge in [-0.2, -0.15) is 5.10 Å². The molecule has 1 aromatic carbocycles. The van der Waals surface area contributed by atoms with Gasteiger partial charge < -0.3 is 25.6 Å². The van der Waals surface area contributed by atoms with E-state index in [1.165, 1.54) is 6.33 Å². The summed E-state index contributed by atoms with van der Waals surface area (Å²) < 4.78 is 5.37. The highest BCUT2D eigenvalue weighted by atomic mass is 16.5. The Bertz CT molecular complexity index is 1140. The van der Waals surface area contributed by atoms with Crippen LogP contribution in [0.5, 0.6) is 0 Å². The predicted molar refractivity (Wildman–Crippen MR) is 127 cm³/mol. The number of hydrogen-bond acceptors (Lipinski definition) is 8. The Hall–Kier alpha value is -3.76. The predicted octanol–water partition coefficient (Wildman–Crippen LogP) is 2.41. The zero-order valence-electron chi connectivity index (χ0n) is 18.2. The van der Waals surface area contributed by atoms with E-state index in [-0.39, 0.29) is 5.91 Å². The second kappa shape index (κ2) is 9.80. The van der Waals surface area contributed by atoms with E-state index in [0.29, 0.717) is 30.4 Å². The average molecular weight is 447 g/mol. The Balaban J connectivity index is 1.26. The van der Waals surface area contributed by atoms with Gasteiger partial charge in [0.05, 0.1) is 30.8 Å². The summed E-state index contributed by atoms with van der Waals surface area (Å²) in [6, 6.07) is 9.75. The number of hydrogen-bond donors (Lipinski definition) is 4. The maximum absolute atomic E-state index is 12.9. The summed E-state index contributed by atoms with van der Waals surface area (Å²) in [6.07, 6.45) is 5.91. The topological polar surface area (TPSA) is 120 Å². The fourth-order valence-electron chi connectivity index (χ4n) is 3.93. The molecule has 0 unspecified atom stereocenters. The summed E-state index contributed by atoms with van der Waals surface area (Å²) >= 11 is 0. The summed E-state index contributed by atoms with van der Waals surface area (Å²) in [5.74, 6) is 0.301. The smallest absolute Gasteiger partial charge is 0.275 e. The Morgan fingerprint density at radius 3 is 2.76 bits per heavy atom. The number of aromatic nitrogens is 4. The van der Waals surface area contributed by atoms with Crippen molar-refractivity contribution >= 4 is 34.4 Å². The number of nitrogens with one attached hydrogen (secondary N) is 4. The molecule has 10 nitrogen and oxygen atoms in total. The molecule has 0 spiro atoms. The third kappa shape index (κ3) is 5.02. The lowest BCUT2D eigenvalue weighted by Crippen LogP contribution is -2.43. The van der Waals surface area contributed by atoms with Crippen LogP contribution in [0.2, 0.25) is 0 Å². The van der Waals surface area contributed by atoms with Crippen LogP contribution in [0.25, 0.3) is 5.57 Å². The molecule has 5 rings (SSSR count). The van der Waals surface area contributed by atoms with E-state index >= 15 is 0 Å². The molecule has 1 amide bonds. The highest BCUT2D eigenvalue weighted by Crippen LogP contribution is 2.24. The van der Waals surface area contributed by atoms with Gasteiger partial charge in [0.2, 0.25) is 0 Å². The standard InChI is InChI=1S/C23H26N8O2/c32-23(28-17-1-3-18(4-2-17)31-9-7-24-8-10-31)22-20(14-27-30-22)29-21-13-19(25-15-26-21)16-5-11-33-12-6-16/h1-5,13-15,24H,6-12H2,(H,27,30)(H,28,32)(H,25,26,29). The van der Waals surface area contributed by atoms with Crippen LogP contribution >= 0.6 is 0 Å². The first-order valence-corrected chi connectivity index (χ1v) is 11.0. The van der Waals surface area contributed by atoms with Crippen molar-refractivity contribution in [3.8, 4) is 0 Å². The fraction of sp³-hybridized carbons (Fsp3) is 0.304. The van der Waals surface area contributed by atoms with Crippen molar-refractivity contribution in [2.75, 3.05) is 54.9 Å². The Morgan fingerprint density at radius 2 is 1.97 bits per heavy atom. The maximum Gasteiger partial charge on any atom is 0.275 e. The minimum atomic E-state index is -0.286. The number of ether oxygens (including phenoxy) is 1. The normalized spacial score (nSPS) is 16.2. The van der Waals surface area contributed by atoms with Gasteiger partial charge >= 0.3 is 0 Å². The van der Waals surface area contributed by atoms with Crippen LogP contribution in [-0.4, -0.2) is 65.5 Å². The molecular weight excluding hydrogens is 420 g/mol. The molecule has 3 aromatic rings. The first-order chi connectivity index (χ1) is 16.3. The van der Waals surface area contributed by atoms with E-state index < -0.39 is 0 Å². The quantitative estimate of drug-likeness (QED) is 0.456. The van der Waals surface area contributed by atoms with E-state index in [0.717, 1.165) is 55.2 Å². The molecule has 1 fully saturated rings. The van der Waals surface area contributed by atoms with E-state index in [4.69, 9.17) is 4.74 Å². The summed E-state index contributed by atoms with van der Waals surface area (Å²) in [5, 5.41) is 16.3. The van der Waals surface area contributed by atoms with Gasteiger partial charge in [0.15, 0.2) is 0 Å². The number of benzene rings is 1. The number of carbonyl (C=O) groups is 1. The van der Waals surface area contributed by atoms with Crippen LogP contribution in [0.3, 0.4) is 0 Å². The van der Waals surface area contributed by atoms with Gasteiger partial charge in [-0.25, -0.2) is 9.97 Å². The molecule has 4 N–H and O–H groups in total. The third-order valence-electron chi connectivity index (χ3n) is 5.70. The molecule has 0 saturated carbocycles. The van der Waals surface area contributed by atoms with Crippen LogP contribution < -0.4 is 20.9 Å². The first-order valence-electron chi connectivity index (χ1n) is 11.0. The van der Waals surface area contributed by atoms with Gasteiger partial charge in [-0.05, 0) is 36.3 Å². The number of carbonyl (C=O) groups excluding carboxylic acids is 1. The summed E-state index contributed by atoms with van der Waals surface area (Å²) in [5.41, 5.74) is 4.70. The molecule has 2 aliphatic heterocycles. The highest BCUT2D eigenvalue weighted by molar-refractivity contribution is 6.06. The summed E-state index contributed by atoms with van der Waals surface area (Å²) in [7, 11) is 0. The highest BCUT2D eigenvalue weighted by Gasteiger charge is 2.16. The van der Waals surface area contributed by atoms with Crippen molar-refractivity contribution in [2.45, 2.75) is 6.42 Å². The first kappa shape index (κ1) is 21.1. The second-order valence-corrected chi connectivity index (χ2v) is 7.86. The Labute approximate surface area is 191 Å². The lowest BCUT2D eigenvalue weighted by Gasteiger charge is -2.29. The molecule has 4 heterocycles. The van der Waals surface area contributed by atoms with Crippen LogP contribution in [0.4, 0.5) is 22.9 Å². The molecule has 0 aliphatic carbocycles. The summed E-state index contributed by atoms with van der Waals surface area (Å²) in [6.45, 7) is 5.18. The molecule has 170 valence electrons. The number of nitrogens with zero attached hydrogens (tertiary/aromatic N) is 4. The monoisotopic (exact) mass is 446 g/mol. The van der Waals surface area contributed by atoms with E-state index in [2.05, 4.69) is 41.0 Å². The summed E-state index contributed by atoms with van der Waals surface area (Å²) in [4.78, 5) is 23.9. The van der Waals surface area contributed by atoms with Crippen molar-refractivity contribution in [2.24, 2.45) is 0 Å². The lowest BCUT2D eigenvalue weighted by molar-refractivity contribution is 0.102. The van der Waals surface area contributed by atoms with E-state index in [9.17, 15) is 4.79 Å². The molecule has 10 heteroatoms. The number of anilines is 4. The lowest BCUT2D eigenvalue weighted by atomic mass is 10.1. The largest absolute Gasteiger partial charge is 0.377 e. The van der Waals surface area contributed by atoms with Gasteiger partial charge in [-0.1, -0.05) is 6.08 Å². The molecule has 1 saturated heterocycles. The number of H-pyrrole nitrogens is 1.